The molecule has 0 aromatic heterocycles. The Balaban J connectivity index is 1.53. The molecule has 22 heavy (non-hydrogen) atoms. The van der Waals surface area contributed by atoms with Crippen molar-refractivity contribution in [3.05, 3.63) is 59.7 Å². The summed E-state index contributed by atoms with van der Waals surface area (Å²) in [6, 6.07) is 14.9. The first-order chi connectivity index (χ1) is 10.7. The molecule has 3 nitrogen and oxygen atoms in total. The molecule has 1 heterocycles. The maximum atomic E-state index is 12.1. The van der Waals surface area contributed by atoms with Crippen molar-refractivity contribution in [3.63, 3.8) is 0 Å². The van der Waals surface area contributed by atoms with Crippen LogP contribution in [0.5, 0.6) is 11.5 Å². The monoisotopic (exact) mass is 305 g/mol. The molecule has 0 saturated heterocycles. The van der Waals surface area contributed by atoms with Crippen LogP contribution in [0.4, 0.5) is 8.78 Å². The van der Waals surface area contributed by atoms with Gasteiger partial charge in [0.15, 0.2) is 0 Å². The molecule has 2 aromatic carbocycles. The van der Waals surface area contributed by atoms with Crippen molar-refractivity contribution < 1.29 is 18.3 Å². The van der Waals surface area contributed by atoms with Crippen LogP contribution in [-0.2, 0) is 13.0 Å². The second kappa shape index (κ2) is 6.75. The van der Waals surface area contributed by atoms with E-state index in [4.69, 9.17) is 4.74 Å². The van der Waals surface area contributed by atoms with Crippen molar-refractivity contribution >= 4 is 0 Å². The average Bonchev–Trinajstić information content (AvgIpc) is 2.53. The number of fused-ring (bicyclic) bond motifs is 1. The summed E-state index contributed by atoms with van der Waals surface area (Å²) in [6.45, 7) is -1.50. The van der Waals surface area contributed by atoms with Crippen molar-refractivity contribution in [2.45, 2.75) is 25.6 Å². The van der Waals surface area contributed by atoms with Crippen LogP contribution in [0.15, 0.2) is 48.5 Å². The molecule has 0 saturated carbocycles. The van der Waals surface area contributed by atoms with E-state index in [0.717, 1.165) is 17.7 Å². The van der Waals surface area contributed by atoms with Gasteiger partial charge in [0, 0.05) is 12.6 Å². The predicted octanol–water partition coefficient (Wildman–Crippen LogP) is 3.38. The van der Waals surface area contributed by atoms with E-state index in [1.807, 2.05) is 18.2 Å². The van der Waals surface area contributed by atoms with Crippen LogP contribution in [0.25, 0.3) is 0 Å². The van der Waals surface area contributed by atoms with E-state index in [1.54, 1.807) is 24.3 Å². The molecular weight excluding hydrogens is 288 g/mol. The second-order valence-electron chi connectivity index (χ2n) is 5.22. The summed E-state index contributed by atoms with van der Waals surface area (Å²) in [6.07, 6.45) is 0.919. The standard InChI is InChI=1S/C17H17F2NO2/c18-17(19)22-15-7-5-12(6-8-15)10-20-14-9-13-3-1-2-4-16(13)21-11-14/h1-8,14,17,20H,9-11H2. The molecule has 3 rings (SSSR count). The molecular formula is C17H17F2NO2. The van der Waals surface area contributed by atoms with Crippen LogP contribution < -0.4 is 14.8 Å². The SMILES string of the molecule is FC(F)Oc1ccc(CNC2COc3ccccc3C2)cc1. The van der Waals surface area contributed by atoms with E-state index in [0.29, 0.717) is 13.2 Å². The van der Waals surface area contributed by atoms with E-state index < -0.39 is 6.61 Å². The highest BCUT2D eigenvalue weighted by molar-refractivity contribution is 5.35. The van der Waals surface area contributed by atoms with E-state index in [9.17, 15) is 8.78 Å². The number of rotatable bonds is 5. The highest BCUT2D eigenvalue weighted by atomic mass is 19.3. The number of ether oxygens (including phenoxy) is 2. The fourth-order valence-corrected chi connectivity index (χ4v) is 2.51. The van der Waals surface area contributed by atoms with Gasteiger partial charge in [0.05, 0.1) is 0 Å². The Labute approximate surface area is 127 Å². The molecule has 5 heteroatoms. The largest absolute Gasteiger partial charge is 0.492 e. The summed E-state index contributed by atoms with van der Waals surface area (Å²) >= 11 is 0. The summed E-state index contributed by atoms with van der Waals surface area (Å²) < 4.78 is 34.2. The van der Waals surface area contributed by atoms with Gasteiger partial charge in [0.2, 0.25) is 0 Å². The number of benzene rings is 2. The van der Waals surface area contributed by atoms with Crippen LogP contribution in [-0.4, -0.2) is 19.3 Å². The number of hydrogen-bond donors (Lipinski definition) is 1. The number of hydrogen-bond acceptors (Lipinski definition) is 3. The number of alkyl halides is 2. The molecule has 2 aromatic rings. The molecule has 116 valence electrons. The maximum absolute atomic E-state index is 12.1. The summed E-state index contributed by atoms with van der Waals surface area (Å²) in [5.74, 6) is 1.13. The van der Waals surface area contributed by atoms with Crippen LogP contribution in [0.2, 0.25) is 0 Å². The summed E-state index contributed by atoms with van der Waals surface area (Å²) in [4.78, 5) is 0. The maximum Gasteiger partial charge on any atom is 0.387 e. The Morgan fingerprint density at radius 3 is 2.68 bits per heavy atom. The van der Waals surface area contributed by atoms with Gasteiger partial charge in [-0.25, -0.2) is 0 Å². The molecule has 1 aliphatic rings. The van der Waals surface area contributed by atoms with Gasteiger partial charge in [-0.1, -0.05) is 30.3 Å². The molecule has 1 unspecified atom stereocenters. The van der Waals surface area contributed by atoms with Crippen molar-refractivity contribution in [1.29, 1.82) is 0 Å². The minimum absolute atomic E-state index is 0.175. The third-order valence-corrected chi connectivity index (χ3v) is 3.62. The quantitative estimate of drug-likeness (QED) is 0.918. The van der Waals surface area contributed by atoms with E-state index in [-0.39, 0.29) is 11.8 Å². The number of halogens is 2. The molecule has 0 amide bonds. The molecule has 1 aliphatic heterocycles. The highest BCUT2D eigenvalue weighted by Gasteiger charge is 2.18. The fraction of sp³-hybridized carbons (Fsp3) is 0.294. The van der Waals surface area contributed by atoms with Gasteiger partial charge in [-0.2, -0.15) is 8.78 Å². The Morgan fingerprint density at radius 2 is 1.91 bits per heavy atom. The molecule has 0 aliphatic carbocycles. The van der Waals surface area contributed by atoms with Crippen LogP contribution in [0.1, 0.15) is 11.1 Å². The van der Waals surface area contributed by atoms with E-state index in [2.05, 4.69) is 16.1 Å². The topological polar surface area (TPSA) is 30.5 Å². The molecule has 1 atom stereocenters. The number of para-hydroxylation sites is 1. The van der Waals surface area contributed by atoms with Gasteiger partial charge >= 0.3 is 6.61 Å². The molecule has 0 spiro atoms. The van der Waals surface area contributed by atoms with Crippen molar-refractivity contribution in [2.24, 2.45) is 0 Å². The predicted molar refractivity (Wildman–Crippen MR) is 79.3 cm³/mol. The van der Waals surface area contributed by atoms with Gasteiger partial charge in [-0.15, -0.1) is 0 Å². The minimum atomic E-state index is -2.79. The lowest BCUT2D eigenvalue weighted by molar-refractivity contribution is -0.0498. The minimum Gasteiger partial charge on any atom is -0.492 e. The first-order valence-corrected chi connectivity index (χ1v) is 7.18. The van der Waals surface area contributed by atoms with Crippen molar-refractivity contribution in [3.8, 4) is 11.5 Å². The lowest BCUT2D eigenvalue weighted by atomic mass is 10.0. The Hall–Kier alpha value is -2.14. The Morgan fingerprint density at radius 1 is 1.14 bits per heavy atom. The number of nitrogens with one attached hydrogen (secondary N) is 1. The molecule has 0 fully saturated rings. The Kier molecular flexibility index (Phi) is 4.53. The van der Waals surface area contributed by atoms with E-state index >= 15 is 0 Å². The zero-order chi connectivity index (χ0) is 15.4. The average molecular weight is 305 g/mol. The van der Waals surface area contributed by atoms with Crippen molar-refractivity contribution in [2.75, 3.05) is 6.61 Å². The molecule has 1 N–H and O–H groups in total. The van der Waals surface area contributed by atoms with Gasteiger partial charge < -0.3 is 14.8 Å². The first kappa shape index (κ1) is 14.8. The summed E-state index contributed by atoms with van der Waals surface area (Å²) in [5.41, 5.74) is 2.22. The summed E-state index contributed by atoms with van der Waals surface area (Å²) in [5, 5.41) is 3.43. The van der Waals surface area contributed by atoms with Crippen molar-refractivity contribution in [1.82, 2.24) is 5.32 Å². The van der Waals surface area contributed by atoms with Crippen LogP contribution in [0.3, 0.4) is 0 Å². The van der Waals surface area contributed by atoms with Gasteiger partial charge in [0.25, 0.3) is 0 Å². The lowest BCUT2D eigenvalue weighted by Crippen LogP contribution is -2.38. The Bertz CT molecular complexity index is 616. The lowest BCUT2D eigenvalue weighted by Gasteiger charge is -2.26. The first-order valence-electron chi connectivity index (χ1n) is 7.18. The van der Waals surface area contributed by atoms with Crippen LogP contribution >= 0.6 is 0 Å². The zero-order valence-electron chi connectivity index (χ0n) is 12.0. The molecule has 0 radical (unpaired) electrons. The zero-order valence-corrected chi connectivity index (χ0v) is 12.0. The third kappa shape index (κ3) is 3.74. The second-order valence-corrected chi connectivity index (χ2v) is 5.22. The third-order valence-electron chi connectivity index (χ3n) is 3.62. The van der Waals surface area contributed by atoms with Gasteiger partial charge in [-0.3, -0.25) is 0 Å². The normalized spacial score (nSPS) is 17.0. The van der Waals surface area contributed by atoms with E-state index in [1.165, 1.54) is 5.56 Å². The highest BCUT2D eigenvalue weighted by Crippen LogP contribution is 2.24. The summed E-state index contributed by atoms with van der Waals surface area (Å²) in [7, 11) is 0. The van der Waals surface area contributed by atoms with Gasteiger partial charge in [-0.05, 0) is 35.7 Å². The van der Waals surface area contributed by atoms with Gasteiger partial charge in [0.1, 0.15) is 18.1 Å². The van der Waals surface area contributed by atoms with Crippen LogP contribution in [0, 0.1) is 0 Å². The smallest absolute Gasteiger partial charge is 0.387 e. The molecule has 0 bridgehead atoms. The fourth-order valence-electron chi connectivity index (χ4n) is 2.51.